The lowest BCUT2D eigenvalue weighted by molar-refractivity contribution is 0.596. The van der Waals surface area contributed by atoms with Crippen LogP contribution >= 0.6 is 23.4 Å². The summed E-state index contributed by atoms with van der Waals surface area (Å²) in [6.45, 7) is 2.10. The van der Waals surface area contributed by atoms with Crippen molar-refractivity contribution in [3.8, 4) is 0 Å². The van der Waals surface area contributed by atoms with Crippen LogP contribution in [0.15, 0.2) is 54.7 Å². The van der Waals surface area contributed by atoms with Crippen LogP contribution in [0.4, 0.5) is 5.69 Å². The minimum absolute atomic E-state index is 0.0396. The number of halogens is 1. The molecule has 0 bridgehead atoms. The fourth-order valence-corrected chi connectivity index (χ4v) is 4.39. The molecule has 23 heavy (non-hydrogen) atoms. The van der Waals surface area contributed by atoms with Gasteiger partial charge in [0.25, 0.3) is 0 Å². The van der Waals surface area contributed by atoms with E-state index in [0.29, 0.717) is 0 Å². The molecule has 2 aromatic carbocycles. The molecule has 2 nitrogen and oxygen atoms in total. The van der Waals surface area contributed by atoms with Crippen molar-refractivity contribution in [3.63, 3.8) is 0 Å². The minimum atomic E-state index is -0.0396. The van der Waals surface area contributed by atoms with Crippen LogP contribution in [0, 0.1) is 6.92 Å². The summed E-state index contributed by atoms with van der Waals surface area (Å²) in [5.74, 6) is 2.10. The van der Waals surface area contributed by atoms with E-state index in [4.69, 9.17) is 11.6 Å². The van der Waals surface area contributed by atoms with Gasteiger partial charge in [0, 0.05) is 33.8 Å². The van der Waals surface area contributed by atoms with Crippen LogP contribution in [0.5, 0.6) is 0 Å². The van der Waals surface area contributed by atoms with Crippen LogP contribution < -0.4 is 5.32 Å². The minimum Gasteiger partial charge on any atom is -0.374 e. The van der Waals surface area contributed by atoms with Crippen LogP contribution in [-0.4, -0.2) is 16.5 Å². The molecule has 0 radical (unpaired) electrons. The van der Waals surface area contributed by atoms with Crippen molar-refractivity contribution in [2.75, 3.05) is 16.8 Å². The lowest BCUT2D eigenvalue weighted by Crippen LogP contribution is -2.48. The Morgan fingerprint density at radius 2 is 2.00 bits per heavy atom. The number of nitrogens with one attached hydrogen (secondary N) is 1. The third-order valence-corrected chi connectivity index (χ3v) is 6.27. The molecule has 0 spiro atoms. The van der Waals surface area contributed by atoms with Crippen molar-refractivity contribution < 1.29 is 0 Å². The van der Waals surface area contributed by atoms with Gasteiger partial charge < -0.3 is 5.32 Å². The molecule has 0 aliphatic carbocycles. The molecule has 0 saturated carbocycles. The van der Waals surface area contributed by atoms with Gasteiger partial charge in [-0.05, 0) is 42.3 Å². The first kappa shape index (κ1) is 14.9. The zero-order valence-electron chi connectivity index (χ0n) is 12.8. The van der Waals surface area contributed by atoms with E-state index in [1.165, 1.54) is 11.1 Å². The average molecular weight is 341 g/mol. The fraction of sp³-hybridized carbons (Fsp3) is 0.211. The summed E-state index contributed by atoms with van der Waals surface area (Å²) in [6.07, 6.45) is 1.84. The standard InChI is InChI=1S/C19H17ClN2S/c1-13-16(5-2-6-17(13)20)19(11-23-12-19)22-15-8-7-14-4-3-9-21-18(14)10-15/h2-10,22H,11-12H2,1H3. The van der Waals surface area contributed by atoms with Gasteiger partial charge in [-0.3, -0.25) is 4.98 Å². The van der Waals surface area contributed by atoms with Crippen molar-refractivity contribution in [1.29, 1.82) is 0 Å². The quantitative estimate of drug-likeness (QED) is 0.704. The zero-order chi connectivity index (χ0) is 15.9. The van der Waals surface area contributed by atoms with Gasteiger partial charge in [-0.15, -0.1) is 0 Å². The van der Waals surface area contributed by atoms with Crippen molar-refractivity contribution in [1.82, 2.24) is 4.98 Å². The third-order valence-electron chi connectivity index (χ3n) is 4.47. The first-order chi connectivity index (χ1) is 11.2. The third kappa shape index (κ3) is 2.58. The SMILES string of the molecule is Cc1c(Cl)cccc1C1(Nc2ccc3cccnc3c2)CSC1. The van der Waals surface area contributed by atoms with Crippen LogP contribution in [0.3, 0.4) is 0 Å². The molecule has 1 N–H and O–H groups in total. The second-order valence-corrected chi connectivity index (χ2v) is 7.42. The molecule has 0 unspecified atom stereocenters. The van der Waals surface area contributed by atoms with E-state index in [1.807, 2.05) is 36.2 Å². The molecule has 2 heterocycles. The topological polar surface area (TPSA) is 24.9 Å². The molecular formula is C19H17ClN2S. The normalized spacial score (nSPS) is 16.1. The molecule has 4 rings (SSSR count). The predicted octanol–water partition coefficient (Wildman–Crippen LogP) is 5.25. The summed E-state index contributed by atoms with van der Waals surface area (Å²) in [5.41, 5.74) is 4.55. The first-order valence-corrected chi connectivity index (χ1v) is 9.18. The Labute approximate surface area is 145 Å². The Hall–Kier alpha value is -1.71. The summed E-state index contributed by atoms with van der Waals surface area (Å²) in [7, 11) is 0. The van der Waals surface area contributed by atoms with Crippen LogP contribution in [0.2, 0.25) is 5.02 Å². The van der Waals surface area contributed by atoms with Gasteiger partial charge in [0.2, 0.25) is 0 Å². The number of aromatic nitrogens is 1. The van der Waals surface area contributed by atoms with Crippen molar-refractivity contribution >= 4 is 40.0 Å². The summed E-state index contributed by atoms with van der Waals surface area (Å²) < 4.78 is 0. The molecule has 1 saturated heterocycles. The van der Waals surface area contributed by atoms with Crippen LogP contribution in [-0.2, 0) is 5.54 Å². The van der Waals surface area contributed by atoms with Gasteiger partial charge in [0.05, 0.1) is 11.1 Å². The number of pyridine rings is 1. The van der Waals surface area contributed by atoms with Gasteiger partial charge in [-0.2, -0.15) is 11.8 Å². The summed E-state index contributed by atoms with van der Waals surface area (Å²) >= 11 is 8.29. The second-order valence-electron chi connectivity index (χ2n) is 6.02. The molecule has 0 atom stereocenters. The van der Waals surface area contributed by atoms with Crippen LogP contribution in [0.1, 0.15) is 11.1 Å². The lowest BCUT2D eigenvalue weighted by Gasteiger charge is -2.44. The number of thioether (sulfide) groups is 1. The summed E-state index contributed by atoms with van der Waals surface area (Å²) in [4.78, 5) is 4.45. The first-order valence-electron chi connectivity index (χ1n) is 7.64. The number of anilines is 1. The fourth-order valence-electron chi connectivity index (χ4n) is 3.15. The molecule has 3 aromatic rings. The monoisotopic (exact) mass is 340 g/mol. The Kier molecular flexibility index (Phi) is 3.70. The van der Waals surface area contributed by atoms with E-state index in [2.05, 4.69) is 47.6 Å². The maximum Gasteiger partial charge on any atom is 0.0809 e. The highest BCUT2D eigenvalue weighted by Gasteiger charge is 2.40. The zero-order valence-corrected chi connectivity index (χ0v) is 14.4. The lowest BCUT2D eigenvalue weighted by atomic mass is 9.88. The Balaban J connectivity index is 1.73. The van der Waals surface area contributed by atoms with E-state index in [-0.39, 0.29) is 5.54 Å². The Morgan fingerprint density at radius 1 is 1.13 bits per heavy atom. The van der Waals surface area contributed by atoms with E-state index in [0.717, 1.165) is 33.1 Å². The number of fused-ring (bicyclic) bond motifs is 1. The van der Waals surface area contributed by atoms with Crippen molar-refractivity contribution in [2.45, 2.75) is 12.5 Å². The predicted molar refractivity (Wildman–Crippen MR) is 101 cm³/mol. The molecular weight excluding hydrogens is 324 g/mol. The number of nitrogens with zero attached hydrogens (tertiary/aromatic N) is 1. The van der Waals surface area contributed by atoms with E-state index >= 15 is 0 Å². The molecule has 1 fully saturated rings. The number of hydrogen-bond acceptors (Lipinski definition) is 3. The molecule has 1 aliphatic heterocycles. The Bertz CT molecular complexity index is 874. The highest BCUT2D eigenvalue weighted by atomic mass is 35.5. The van der Waals surface area contributed by atoms with E-state index in [1.54, 1.807) is 0 Å². The number of hydrogen-bond donors (Lipinski definition) is 1. The van der Waals surface area contributed by atoms with Crippen LogP contribution in [0.25, 0.3) is 10.9 Å². The molecule has 1 aromatic heterocycles. The maximum atomic E-state index is 6.34. The largest absolute Gasteiger partial charge is 0.374 e. The Morgan fingerprint density at radius 3 is 2.78 bits per heavy atom. The van der Waals surface area contributed by atoms with Gasteiger partial charge >= 0.3 is 0 Å². The smallest absolute Gasteiger partial charge is 0.0809 e. The summed E-state index contributed by atoms with van der Waals surface area (Å²) in [6, 6.07) is 16.6. The van der Waals surface area contributed by atoms with Crippen molar-refractivity contribution in [2.24, 2.45) is 0 Å². The average Bonchev–Trinajstić information content (AvgIpc) is 2.54. The molecule has 1 aliphatic rings. The highest BCUT2D eigenvalue weighted by Crippen LogP contribution is 2.43. The van der Waals surface area contributed by atoms with Gasteiger partial charge in [0.15, 0.2) is 0 Å². The molecule has 4 heteroatoms. The number of rotatable bonds is 3. The second kappa shape index (κ2) is 5.73. The highest BCUT2D eigenvalue weighted by molar-refractivity contribution is 8.00. The number of benzene rings is 2. The van der Waals surface area contributed by atoms with E-state index in [9.17, 15) is 0 Å². The van der Waals surface area contributed by atoms with E-state index < -0.39 is 0 Å². The van der Waals surface area contributed by atoms with Crippen molar-refractivity contribution in [3.05, 3.63) is 70.9 Å². The summed E-state index contributed by atoms with van der Waals surface area (Å²) in [5, 5.41) is 5.74. The van der Waals surface area contributed by atoms with Gasteiger partial charge in [0.1, 0.15) is 0 Å². The molecule has 0 amide bonds. The molecule has 116 valence electrons. The van der Waals surface area contributed by atoms with Gasteiger partial charge in [-0.25, -0.2) is 0 Å². The maximum absolute atomic E-state index is 6.34. The van der Waals surface area contributed by atoms with Gasteiger partial charge in [-0.1, -0.05) is 35.9 Å².